The zero-order chi connectivity index (χ0) is 35.8. The highest BCUT2D eigenvalue weighted by atomic mass is 32.1. The first kappa shape index (κ1) is 32.0. The molecule has 1 nitrogen and oxygen atoms in total. The van der Waals surface area contributed by atoms with E-state index in [1.165, 1.54) is 75.5 Å². The van der Waals surface area contributed by atoms with E-state index < -0.39 is 0 Å². The Kier molecular flexibility index (Phi) is 8.09. The maximum atomic E-state index is 2.37. The monoisotopic (exact) mass is 705 g/mol. The molecule has 0 aliphatic heterocycles. The minimum absolute atomic E-state index is 1.10. The fourth-order valence-electron chi connectivity index (χ4n) is 7.76. The molecule has 10 rings (SSSR count). The minimum atomic E-state index is 1.10. The summed E-state index contributed by atoms with van der Waals surface area (Å²) in [5.41, 5.74) is 13.0. The summed E-state index contributed by atoms with van der Waals surface area (Å²) in [5.74, 6) is 0. The van der Waals surface area contributed by atoms with Crippen molar-refractivity contribution in [3.8, 4) is 44.5 Å². The van der Waals surface area contributed by atoms with Crippen LogP contribution in [0.25, 0.3) is 75.5 Å². The zero-order valence-electron chi connectivity index (χ0n) is 29.6. The number of thiophene rings is 1. The third-order valence-corrected chi connectivity index (χ3v) is 11.6. The van der Waals surface area contributed by atoms with E-state index in [0.717, 1.165) is 17.1 Å². The average molecular weight is 706 g/mol. The molecule has 10 aromatic rings. The fourth-order valence-corrected chi connectivity index (χ4v) is 8.84. The fraction of sp³-hybridized carbons (Fsp3) is 0. The molecule has 0 aliphatic rings. The second-order valence-electron chi connectivity index (χ2n) is 13.8. The molecular weight excluding hydrogens is 671 g/mol. The Labute approximate surface area is 319 Å². The molecule has 0 radical (unpaired) electrons. The van der Waals surface area contributed by atoms with Crippen LogP contribution in [0.4, 0.5) is 17.1 Å². The lowest BCUT2D eigenvalue weighted by molar-refractivity contribution is 1.28. The summed E-state index contributed by atoms with van der Waals surface area (Å²) in [4.78, 5) is 2.37. The van der Waals surface area contributed by atoms with E-state index in [1.54, 1.807) is 0 Å². The second-order valence-corrected chi connectivity index (χ2v) is 14.8. The molecule has 0 saturated heterocycles. The van der Waals surface area contributed by atoms with Crippen molar-refractivity contribution in [2.75, 3.05) is 4.90 Å². The summed E-state index contributed by atoms with van der Waals surface area (Å²) < 4.78 is 2.64. The van der Waals surface area contributed by atoms with E-state index >= 15 is 0 Å². The van der Waals surface area contributed by atoms with Crippen LogP contribution in [-0.4, -0.2) is 0 Å². The summed E-state index contributed by atoms with van der Waals surface area (Å²) in [6.45, 7) is 0. The van der Waals surface area contributed by atoms with Crippen LogP contribution in [0.3, 0.4) is 0 Å². The van der Waals surface area contributed by atoms with Crippen LogP contribution in [0.15, 0.2) is 212 Å². The predicted molar refractivity (Wildman–Crippen MR) is 233 cm³/mol. The van der Waals surface area contributed by atoms with Crippen LogP contribution < -0.4 is 4.90 Å². The molecule has 0 amide bonds. The molecule has 2 heteroatoms. The normalized spacial score (nSPS) is 11.3. The van der Waals surface area contributed by atoms with Gasteiger partial charge in [0, 0.05) is 37.2 Å². The Hall–Kier alpha value is -6.74. The van der Waals surface area contributed by atoms with Gasteiger partial charge in [-0.15, -0.1) is 11.3 Å². The Bertz CT molecular complexity index is 2920. The van der Waals surface area contributed by atoms with Gasteiger partial charge in [0.25, 0.3) is 0 Å². The topological polar surface area (TPSA) is 3.24 Å². The van der Waals surface area contributed by atoms with Crippen molar-refractivity contribution in [2.45, 2.75) is 0 Å². The number of hydrogen-bond acceptors (Lipinski definition) is 2. The van der Waals surface area contributed by atoms with Crippen LogP contribution in [-0.2, 0) is 0 Å². The van der Waals surface area contributed by atoms with E-state index in [9.17, 15) is 0 Å². The lowest BCUT2D eigenvalue weighted by atomic mass is 9.95. The van der Waals surface area contributed by atoms with Gasteiger partial charge in [-0.05, 0) is 116 Å². The SMILES string of the molecule is c1ccc(-c2ccc(N(c3ccc(-c4cccc(-c5cccc6ccccc56)c4)cc3)c3cccc(-c4ccc5sc6ccccc6c5c4)c3)cc2)cc1. The first-order valence-corrected chi connectivity index (χ1v) is 19.2. The van der Waals surface area contributed by atoms with E-state index in [2.05, 4.69) is 217 Å². The van der Waals surface area contributed by atoms with Crippen molar-refractivity contribution in [3.05, 3.63) is 212 Å². The molecule has 0 fully saturated rings. The van der Waals surface area contributed by atoms with Crippen molar-refractivity contribution >= 4 is 59.3 Å². The van der Waals surface area contributed by atoms with Gasteiger partial charge in [0.05, 0.1) is 0 Å². The minimum Gasteiger partial charge on any atom is -0.310 e. The molecule has 254 valence electrons. The Balaban J connectivity index is 1.04. The number of rotatable bonds is 7. The third kappa shape index (κ3) is 5.93. The summed E-state index contributed by atoms with van der Waals surface area (Å²) >= 11 is 1.86. The smallest absolute Gasteiger partial charge is 0.0467 e. The van der Waals surface area contributed by atoms with Gasteiger partial charge < -0.3 is 4.90 Å². The molecule has 0 aliphatic carbocycles. The molecule has 0 bridgehead atoms. The standard InChI is InChI=1S/C52H35NS/c1-2-11-36(12-3-1)37-23-28-44(29-24-37)53(46-18-9-16-41(34-46)42-27-32-52-50(35-42)49-20-6-7-22-51(49)54-52)45-30-25-38(26-31-45)40-15-8-17-43(33-40)48-21-10-14-39-13-4-5-19-47(39)48/h1-35H. The average Bonchev–Trinajstić information content (AvgIpc) is 3.63. The first-order chi connectivity index (χ1) is 26.7. The van der Waals surface area contributed by atoms with Crippen molar-refractivity contribution in [2.24, 2.45) is 0 Å². The number of anilines is 3. The number of nitrogens with zero attached hydrogens (tertiary/aromatic N) is 1. The molecule has 0 saturated carbocycles. The summed E-state index contributed by atoms with van der Waals surface area (Å²) in [6, 6.07) is 77.1. The van der Waals surface area contributed by atoms with E-state index in [4.69, 9.17) is 0 Å². The van der Waals surface area contributed by atoms with Crippen LogP contribution >= 0.6 is 11.3 Å². The molecule has 0 unspecified atom stereocenters. The predicted octanol–water partition coefficient (Wildman–Crippen LogP) is 15.3. The lowest BCUT2D eigenvalue weighted by Crippen LogP contribution is -2.10. The number of fused-ring (bicyclic) bond motifs is 4. The van der Waals surface area contributed by atoms with Gasteiger partial charge in [-0.1, -0.05) is 152 Å². The van der Waals surface area contributed by atoms with Gasteiger partial charge in [-0.2, -0.15) is 0 Å². The molecular formula is C52H35NS. The van der Waals surface area contributed by atoms with Gasteiger partial charge >= 0.3 is 0 Å². The first-order valence-electron chi connectivity index (χ1n) is 18.4. The van der Waals surface area contributed by atoms with Gasteiger partial charge in [-0.3, -0.25) is 0 Å². The molecule has 9 aromatic carbocycles. The molecule has 0 spiro atoms. The van der Waals surface area contributed by atoms with Crippen LogP contribution in [0, 0.1) is 0 Å². The quantitative estimate of drug-likeness (QED) is 0.160. The maximum Gasteiger partial charge on any atom is 0.0467 e. The molecule has 54 heavy (non-hydrogen) atoms. The zero-order valence-corrected chi connectivity index (χ0v) is 30.4. The summed E-state index contributed by atoms with van der Waals surface area (Å²) in [7, 11) is 0. The molecule has 1 aromatic heterocycles. The van der Waals surface area contributed by atoms with Crippen LogP contribution in [0.2, 0.25) is 0 Å². The van der Waals surface area contributed by atoms with Crippen LogP contribution in [0.5, 0.6) is 0 Å². The van der Waals surface area contributed by atoms with Crippen LogP contribution in [0.1, 0.15) is 0 Å². The Morgan fingerprint density at radius 3 is 1.59 bits per heavy atom. The van der Waals surface area contributed by atoms with Crippen molar-refractivity contribution in [3.63, 3.8) is 0 Å². The third-order valence-electron chi connectivity index (χ3n) is 10.5. The highest BCUT2D eigenvalue weighted by Crippen LogP contribution is 2.41. The highest BCUT2D eigenvalue weighted by molar-refractivity contribution is 7.25. The van der Waals surface area contributed by atoms with Gasteiger partial charge in [0.2, 0.25) is 0 Å². The number of benzene rings is 9. The maximum absolute atomic E-state index is 2.37. The van der Waals surface area contributed by atoms with E-state index in [1.807, 2.05) is 11.3 Å². The highest BCUT2D eigenvalue weighted by Gasteiger charge is 2.15. The van der Waals surface area contributed by atoms with Gasteiger partial charge in [-0.25, -0.2) is 0 Å². The Morgan fingerprint density at radius 1 is 0.278 bits per heavy atom. The van der Waals surface area contributed by atoms with Crippen molar-refractivity contribution in [1.29, 1.82) is 0 Å². The van der Waals surface area contributed by atoms with Crippen molar-refractivity contribution in [1.82, 2.24) is 0 Å². The lowest BCUT2D eigenvalue weighted by Gasteiger charge is -2.26. The largest absolute Gasteiger partial charge is 0.310 e. The van der Waals surface area contributed by atoms with Gasteiger partial charge in [0.15, 0.2) is 0 Å². The molecule has 0 atom stereocenters. The molecule has 1 heterocycles. The van der Waals surface area contributed by atoms with Gasteiger partial charge in [0.1, 0.15) is 0 Å². The van der Waals surface area contributed by atoms with E-state index in [0.29, 0.717) is 0 Å². The van der Waals surface area contributed by atoms with Crippen molar-refractivity contribution < 1.29 is 0 Å². The second kappa shape index (κ2) is 13.7. The Morgan fingerprint density at radius 2 is 0.796 bits per heavy atom. The molecule has 0 N–H and O–H groups in total. The summed E-state index contributed by atoms with van der Waals surface area (Å²) in [5, 5.41) is 5.16. The van der Waals surface area contributed by atoms with E-state index in [-0.39, 0.29) is 0 Å². The summed E-state index contributed by atoms with van der Waals surface area (Å²) in [6.07, 6.45) is 0. The number of hydrogen-bond donors (Lipinski definition) is 0.